The first-order chi connectivity index (χ1) is 9.60. The van der Waals surface area contributed by atoms with Crippen molar-refractivity contribution in [1.82, 2.24) is 0 Å². The SMILES string of the molecule is CCC(N)Cc1cc(Cl)ccc1Oc1ccccc1F. The Bertz CT molecular complexity index is 588. The average molecular weight is 294 g/mol. The first kappa shape index (κ1) is 14.8. The van der Waals surface area contributed by atoms with Crippen molar-refractivity contribution in [2.75, 3.05) is 0 Å². The molecule has 0 aliphatic heterocycles. The molecule has 0 aliphatic carbocycles. The number of hydrogen-bond donors (Lipinski definition) is 1. The molecule has 20 heavy (non-hydrogen) atoms. The van der Waals surface area contributed by atoms with Gasteiger partial charge >= 0.3 is 0 Å². The largest absolute Gasteiger partial charge is 0.454 e. The zero-order valence-electron chi connectivity index (χ0n) is 11.3. The van der Waals surface area contributed by atoms with Crippen molar-refractivity contribution >= 4 is 11.6 Å². The second-order valence-corrected chi connectivity index (χ2v) is 5.09. The Hall–Kier alpha value is -1.58. The lowest BCUT2D eigenvalue weighted by molar-refractivity contribution is 0.435. The molecule has 0 bridgehead atoms. The van der Waals surface area contributed by atoms with E-state index in [0.29, 0.717) is 17.2 Å². The highest BCUT2D eigenvalue weighted by Gasteiger charge is 2.11. The number of rotatable bonds is 5. The van der Waals surface area contributed by atoms with Crippen molar-refractivity contribution in [3.63, 3.8) is 0 Å². The van der Waals surface area contributed by atoms with E-state index >= 15 is 0 Å². The van der Waals surface area contributed by atoms with E-state index < -0.39 is 5.82 Å². The molecule has 0 aliphatic rings. The minimum atomic E-state index is -0.395. The predicted octanol–water partition coefficient (Wildman–Crippen LogP) is 4.55. The lowest BCUT2D eigenvalue weighted by Crippen LogP contribution is -2.21. The van der Waals surface area contributed by atoms with Crippen molar-refractivity contribution in [3.05, 3.63) is 58.9 Å². The second kappa shape index (κ2) is 6.73. The summed E-state index contributed by atoms with van der Waals surface area (Å²) in [4.78, 5) is 0. The lowest BCUT2D eigenvalue weighted by Gasteiger charge is -2.15. The molecule has 0 saturated heterocycles. The lowest BCUT2D eigenvalue weighted by atomic mass is 10.0. The number of para-hydroxylation sites is 1. The van der Waals surface area contributed by atoms with Crippen LogP contribution in [0, 0.1) is 5.82 Å². The molecule has 4 heteroatoms. The van der Waals surface area contributed by atoms with Gasteiger partial charge in [-0.25, -0.2) is 4.39 Å². The Kier molecular flexibility index (Phi) is 4.99. The van der Waals surface area contributed by atoms with Crippen LogP contribution in [0.5, 0.6) is 11.5 Å². The van der Waals surface area contributed by atoms with Gasteiger partial charge in [0.15, 0.2) is 11.6 Å². The fraction of sp³-hybridized carbons (Fsp3) is 0.250. The van der Waals surface area contributed by atoms with Gasteiger partial charge in [-0.15, -0.1) is 0 Å². The Morgan fingerprint density at radius 3 is 2.65 bits per heavy atom. The molecule has 1 atom stereocenters. The van der Waals surface area contributed by atoms with E-state index in [2.05, 4.69) is 0 Å². The van der Waals surface area contributed by atoms with Crippen LogP contribution in [0.25, 0.3) is 0 Å². The Morgan fingerprint density at radius 1 is 1.20 bits per heavy atom. The smallest absolute Gasteiger partial charge is 0.165 e. The van der Waals surface area contributed by atoms with Crippen LogP contribution >= 0.6 is 11.6 Å². The van der Waals surface area contributed by atoms with Gasteiger partial charge in [-0.3, -0.25) is 0 Å². The van der Waals surface area contributed by atoms with Gasteiger partial charge in [-0.05, 0) is 48.7 Å². The van der Waals surface area contributed by atoms with Crippen LogP contribution in [0.1, 0.15) is 18.9 Å². The molecule has 0 amide bonds. The summed E-state index contributed by atoms with van der Waals surface area (Å²) in [5.74, 6) is 0.387. The molecule has 0 heterocycles. The zero-order chi connectivity index (χ0) is 14.5. The minimum Gasteiger partial charge on any atom is -0.454 e. The highest BCUT2D eigenvalue weighted by molar-refractivity contribution is 6.30. The summed E-state index contributed by atoms with van der Waals surface area (Å²) >= 11 is 6.01. The van der Waals surface area contributed by atoms with Gasteiger partial charge in [-0.2, -0.15) is 0 Å². The van der Waals surface area contributed by atoms with Gasteiger partial charge in [0.05, 0.1) is 0 Å². The van der Waals surface area contributed by atoms with Crippen molar-refractivity contribution in [3.8, 4) is 11.5 Å². The second-order valence-electron chi connectivity index (χ2n) is 4.66. The van der Waals surface area contributed by atoms with E-state index in [1.807, 2.05) is 13.0 Å². The van der Waals surface area contributed by atoms with E-state index in [0.717, 1.165) is 12.0 Å². The zero-order valence-corrected chi connectivity index (χ0v) is 12.0. The minimum absolute atomic E-state index is 0.0245. The highest BCUT2D eigenvalue weighted by Crippen LogP contribution is 2.30. The summed E-state index contributed by atoms with van der Waals surface area (Å²) in [5, 5.41) is 0.615. The van der Waals surface area contributed by atoms with Crippen LogP contribution in [0.3, 0.4) is 0 Å². The first-order valence-corrected chi connectivity index (χ1v) is 6.94. The van der Waals surface area contributed by atoms with E-state index in [-0.39, 0.29) is 11.8 Å². The fourth-order valence-electron chi connectivity index (χ4n) is 1.88. The maximum absolute atomic E-state index is 13.6. The van der Waals surface area contributed by atoms with Crippen LogP contribution in [0.15, 0.2) is 42.5 Å². The van der Waals surface area contributed by atoms with E-state index in [1.165, 1.54) is 6.07 Å². The number of hydrogen-bond acceptors (Lipinski definition) is 2. The van der Waals surface area contributed by atoms with Gasteiger partial charge in [0.1, 0.15) is 5.75 Å². The number of ether oxygens (including phenoxy) is 1. The van der Waals surface area contributed by atoms with Crippen LogP contribution in [-0.4, -0.2) is 6.04 Å². The molecule has 2 aromatic carbocycles. The summed E-state index contributed by atoms with van der Waals surface area (Å²) in [5.41, 5.74) is 6.86. The third kappa shape index (κ3) is 3.71. The standard InChI is InChI=1S/C16H17ClFNO/c1-2-13(19)10-11-9-12(17)7-8-15(11)20-16-6-4-3-5-14(16)18/h3-9,13H,2,10,19H2,1H3. The van der Waals surface area contributed by atoms with Gasteiger partial charge in [0, 0.05) is 11.1 Å². The quantitative estimate of drug-likeness (QED) is 0.877. The first-order valence-electron chi connectivity index (χ1n) is 6.56. The normalized spacial score (nSPS) is 12.2. The van der Waals surface area contributed by atoms with Crippen LogP contribution in [-0.2, 0) is 6.42 Å². The Labute approximate surface area is 123 Å². The molecule has 2 nitrogen and oxygen atoms in total. The molecule has 0 fully saturated rings. The maximum Gasteiger partial charge on any atom is 0.165 e. The molecule has 0 spiro atoms. The highest BCUT2D eigenvalue weighted by atomic mass is 35.5. The third-order valence-electron chi connectivity index (χ3n) is 3.09. The summed E-state index contributed by atoms with van der Waals surface area (Å²) in [6.07, 6.45) is 1.49. The average Bonchev–Trinajstić information content (AvgIpc) is 2.44. The predicted molar refractivity (Wildman–Crippen MR) is 79.9 cm³/mol. The summed E-state index contributed by atoms with van der Waals surface area (Å²) in [6.45, 7) is 2.02. The molecule has 0 radical (unpaired) electrons. The molecule has 2 rings (SSSR count). The maximum atomic E-state index is 13.6. The van der Waals surface area contributed by atoms with Crippen molar-refractivity contribution < 1.29 is 9.13 Å². The van der Waals surface area contributed by atoms with Gasteiger partial charge in [0.2, 0.25) is 0 Å². The summed E-state index contributed by atoms with van der Waals surface area (Å²) in [6, 6.07) is 11.6. The summed E-state index contributed by atoms with van der Waals surface area (Å²) < 4.78 is 19.3. The molecule has 0 saturated carbocycles. The number of benzene rings is 2. The van der Waals surface area contributed by atoms with Crippen LogP contribution < -0.4 is 10.5 Å². The molecular formula is C16H17ClFNO. The topological polar surface area (TPSA) is 35.2 Å². The van der Waals surface area contributed by atoms with Gasteiger partial charge < -0.3 is 10.5 Å². The van der Waals surface area contributed by atoms with Crippen molar-refractivity contribution in [2.24, 2.45) is 5.73 Å². The monoisotopic (exact) mass is 293 g/mol. The molecule has 2 aromatic rings. The Morgan fingerprint density at radius 2 is 1.95 bits per heavy atom. The molecule has 106 valence electrons. The van der Waals surface area contributed by atoms with E-state index in [9.17, 15) is 4.39 Å². The van der Waals surface area contributed by atoms with Crippen molar-refractivity contribution in [1.29, 1.82) is 0 Å². The molecule has 2 N–H and O–H groups in total. The van der Waals surface area contributed by atoms with E-state index in [1.54, 1.807) is 30.3 Å². The summed E-state index contributed by atoms with van der Waals surface area (Å²) in [7, 11) is 0. The Balaban J connectivity index is 2.29. The van der Waals surface area contributed by atoms with Crippen molar-refractivity contribution in [2.45, 2.75) is 25.8 Å². The van der Waals surface area contributed by atoms with Gasteiger partial charge in [-0.1, -0.05) is 30.7 Å². The molecule has 1 unspecified atom stereocenters. The fourth-order valence-corrected chi connectivity index (χ4v) is 2.07. The van der Waals surface area contributed by atoms with Gasteiger partial charge in [0.25, 0.3) is 0 Å². The van der Waals surface area contributed by atoms with Crippen LogP contribution in [0.4, 0.5) is 4.39 Å². The van der Waals surface area contributed by atoms with Crippen LogP contribution in [0.2, 0.25) is 5.02 Å². The number of halogens is 2. The third-order valence-corrected chi connectivity index (χ3v) is 3.32. The van der Waals surface area contributed by atoms with E-state index in [4.69, 9.17) is 22.1 Å². The molecular weight excluding hydrogens is 277 g/mol. The molecule has 0 aromatic heterocycles. The number of nitrogens with two attached hydrogens (primary N) is 1.